The van der Waals surface area contributed by atoms with Gasteiger partial charge < -0.3 is 14.6 Å². The van der Waals surface area contributed by atoms with Crippen molar-refractivity contribution in [3.63, 3.8) is 0 Å². The van der Waals surface area contributed by atoms with Crippen LogP contribution >= 0.6 is 0 Å². The van der Waals surface area contributed by atoms with Crippen molar-refractivity contribution in [2.24, 2.45) is 0 Å². The molecule has 0 unspecified atom stereocenters. The molecule has 2 aromatic carbocycles. The lowest BCUT2D eigenvalue weighted by molar-refractivity contribution is -0.573. The number of aliphatic carboxylic acids is 1. The van der Waals surface area contributed by atoms with Crippen LogP contribution in [0.5, 0.6) is 11.5 Å². The number of ether oxygens (including phenoxy) is 2. The molecule has 19 heteroatoms. The highest BCUT2D eigenvalue weighted by molar-refractivity contribution is 5.73. The molecule has 0 spiro atoms. The molecule has 0 fully saturated rings. The number of halogens is 10. The van der Waals surface area contributed by atoms with Gasteiger partial charge in [0.15, 0.2) is 0 Å². The van der Waals surface area contributed by atoms with Crippen molar-refractivity contribution in [2.45, 2.75) is 44.1 Å². The predicted octanol–water partition coefficient (Wildman–Crippen LogP) is 5.03. The third-order valence-corrected chi connectivity index (χ3v) is 5.55. The Kier molecular flexibility index (Phi) is 10.2. The highest BCUT2D eigenvalue weighted by atomic mass is 19.2. The van der Waals surface area contributed by atoms with Gasteiger partial charge in [0.25, 0.3) is 0 Å². The first-order valence-electron chi connectivity index (χ1n) is 10.8. The van der Waals surface area contributed by atoms with Crippen molar-refractivity contribution < 1.29 is 77.8 Å². The van der Waals surface area contributed by atoms with Gasteiger partial charge in [-0.3, -0.25) is 24.5 Å². The number of carbonyl (C=O) groups excluding carboxylic acids is 2. The summed E-state index contributed by atoms with van der Waals surface area (Å²) in [4.78, 5) is 45.8. The second-order valence-corrected chi connectivity index (χ2v) is 8.12. The topological polar surface area (TPSA) is 133 Å². The molecular weight excluding hydrogens is 596 g/mol. The molecule has 0 aromatic heterocycles. The van der Waals surface area contributed by atoms with Gasteiger partial charge in [-0.25, -0.2) is 26.3 Å². The van der Waals surface area contributed by atoms with Crippen molar-refractivity contribution in [1.29, 1.82) is 0 Å². The molecule has 224 valence electrons. The minimum absolute atomic E-state index is 0.971. The van der Waals surface area contributed by atoms with E-state index in [1.165, 1.54) is 0 Å². The predicted molar refractivity (Wildman–Crippen MR) is 109 cm³/mol. The number of hydrogen-bond donors (Lipinski definition) is 1. The summed E-state index contributed by atoms with van der Waals surface area (Å²) >= 11 is 0. The number of hydrogen-bond acceptors (Lipinski definition) is 7. The zero-order chi connectivity index (χ0) is 31.4. The van der Waals surface area contributed by atoms with E-state index < -0.39 is 137 Å². The summed E-state index contributed by atoms with van der Waals surface area (Å²) in [5.74, 6) is -34.7. The first-order valence-corrected chi connectivity index (χ1v) is 10.8. The van der Waals surface area contributed by atoms with Crippen LogP contribution in [0.4, 0.5) is 43.9 Å². The molecule has 0 saturated carbocycles. The Balaban J connectivity index is 2.26. The molecule has 0 aliphatic rings. The molecule has 41 heavy (non-hydrogen) atoms. The zero-order valence-corrected chi connectivity index (χ0v) is 19.8. The van der Waals surface area contributed by atoms with Crippen LogP contribution in [0.3, 0.4) is 0 Å². The molecule has 2 rings (SSSR count). The summed E-state index contributed by atoms with van der Waals surface area (Å²) in [6.45, 7) is 0. The first-order chi connectivity index (χ1) is 18.9. The highest BCUT2D eigenvalue weighted by Gasteiger charge is 2.44. The molecular formula is C22H13F10NO8. The van der Waals surface area contributed by atoms with E-state index in [4.69, 9.17) is 5.11 Å². The number of carboxylic acid groups (broad SMARTS) is 1. The summed E-state index contributed by atoms with van der Waals surface area (Å²) in [7, 11) is 0. The maximum atomic E-state index is 13.7. The van der Waals surface area contributed by atoms with E-state index in [2.05, 4.69) is 9.47 Å². The molecule has 0 amide bonds. The molecule has 0 radical (unpaired) electrons. The number of carboxylic acids is 1. The number of nitro groups is 1. The summed E-state index contributed by atoms with van der Waals surface area (Å²) in [5, 5.41) is 20.7. The summed E-state index contributed by atoms with van der Waals surface area (Å²) in [6.07, 6.45) is -6.66. The van der Waals surface area contributed by atoms with Gasteiger partial charge in [0.1, 0.15) is 0 Å². The fraction of sp³-hybridized carbons (Fsp3) is 0.318. The van der Waals surface area contributed by atoms with Gasteiger partial charge in [-0.2, -0.15) is 17.6 Å². The van der Waals surface area contributed by atoms with Crippen molar-refractivity contribution in [2.75, 3.05) is 0 Å². The fourth-order valence-electron chi connectivity index (χ4n) is 3.34. The van der Waals surface area contributed by atoms with Gasteiger partial charge in [0.05, 0.1) is 19.3 Å². The average Bonchev–Trinajstić information content (AvgIpc) is 2.92. The molecule has 9 nitrogen and oxygen atoms in total. The minimum Gasteiger partial charge on any atom is -0.481 e. The maximum Gasteiger partial charge on any atom is 0.311 e. The van der Waals surface area contributed by atoms with E-state index in [1.807, 2.05) is 0 Å². The molecule has 0 aliphatic heterocycles. The molecule has 1 N–H and O–H groups in total. The Bertz CT molecular complexity index is 1270. The van der Waals surface area contributed by atoms with E-state index in [1.54, 1.807) is 0 Å². The largest absolute Gasteiger partial charge is 0.481 e. The van der Waals surface area contributed by atoms with Gasteiger partial charge in [0, 0.05) is 24.2 Å². The second kappa shape index (κ2) is 12.8. The SMILES string of the molecule is O=C(O)CCC(CCC(=O)Oc1c(F)c(F)c(F)c(F)c1F)(CCC(=O)Oc1c(F)c(F)c(F)c(F)c1F)[N+](=O)[O-]. The Morgan fingerprint density at radius 3 is 1.12 bits per heavy atom. The number of nitrogens with zero attached hydrogens (tertiary/aromatic N) is 1. The van der Waals surface area contributed by atoms with E-state index in [-0.39, 0.29) is 0 Å². The number of rotatable bonds is 12. The van der Waals surface area contributed by atoms with Gasteiger partial charge in [-0.15, -0.1) is 0 Å². The quantitative estimate of drug-likeness (QED) is 0.0674. The zero-order valence-electron chi connectivity index (χ0n) is 19.8. The van der Waals surface area contributed by atoms with E-state index >= 15 is 0 Å². The van der Waals surface area contributed by atoms with Crippen LogP contribution in [-0.4, -0.2) is 33.5 Å². The molecule has 0 aliphatic carbocycles. The third kappa shape index (κ3) is 7.01. The van der Waals surface area contributed by atoms with Crippen molar-refractivity contribution in [3.8, 4) is 11.5 Å². The van der Waals surface area contributed by atoms with E-state index in [0.717, 1.165) is 0 Å². The molecule has 0 saturated heterocycles. The van der Waals surface area contributed by atoms with Crippen LogP contribution in [0.2, 0.25) is 0 Å². The van der Waals surface area contributed by atoms with Crippen molar-refractivity contribution >= 4 is 17.9 Å². The monoisotopic (exact) mass is 609 g/mol. The van der Waals surface area contributed by atoms with Gasteiger partial charge in [0.2, 0.25) is 75.2 Å². The van der Waals surface area contributed by atoms with Crippen molar-refractivity contribution in [1.82, 2.24) is 0 Å². The van der Waals surface area contributed by atoms with E-state index in [0.29, 0.717) is 0 Å². The van der Waals surface area contributed by atoms with Crippen LogP contribution in [0.15, 0.2) is 0 Å². The number of carbonyl (C=O) groups is 3. The molecule has 0 atom stereocenters. The number of esters is 2. The van der Waals surface area contributed by atoms with Crippen molar-refractivity contribution in [3.05, 3.63) is 68.3 Å². The van der Waals surface area contributed by atoms with Gasteiger partial charge in [-0.1, -0.05) is 0 Å². The average molecular weight is 609 g/mol. The number of benzene rings is 2. The second-order valence-electron chi connectivity index (χ2n) is 8.12. The van der Waals surface area contributed by atoms with Crippen LogP contribution in [0, 0.1) is 68.3 Å². The maximum absolute atomic E-state index is 13.7. The highest BCUT2D eigenvalue weighted by Crippen LogP contribution is 2.33. The Morgan fingerprint density at radius 1 is 0.585 bits per heavy atom. The van der Waals surface area contributed by atoms with Crippen LogP contribution in [-0.2, 0) is 14.4 Å². The Morgan fingerprint density at radius 2 is 0.854 bits per heavy atom. The minimum atomic E-state index is -2.61. The first kappa shape index (κ1) is 32.8. The fourth-order valence-corrected chi connectivity index (χ4v) is 3.34. The van der Waals surface area contributed by atoms with Gasteiger partial charge in [-0.05, 0) is 0 Å². The summed E-state index contributed by atoms with van der Waals surface area (Å²) in [5.41, 5.74) is -2.61. The lowest BCUT2D eigenvalue weighted by atomic mass is 9.84. The summed E-state index contributed by atoms with van der Waals surface area (Å²) in [6, 6.07) is 0. The van der Waals surface area contributed by atoms with Crippen LogP contribution < -0.4 is 9.47 Å². The molecule has 0 bridgehead atoms. The van der Waals surface area contributed by atoms with E-state index in [9.17, 15) is 68.4 Å². The van der Waals surface area contributed by atoms with Crippen LogP contribution in [0.1, 0.15) is 38.5 Å². The third-order valence-electron chi connectivity index (χ3n) is 5.55. The lowest BCUT2D eigenvalue weighted by Crippen LogP contribution is -2.40. The normalized spacial score (nSPS) is 11.4. The molecule has 2 aromatic rings. The smallest absolute Gasteiger partial charge is 0.311 e. The summed E-state index contributed by atoms with van der Waals surface area (Å²) < 4.78 is 143. The van der Waals surface area contributed by atoms with Crippen LogP contribution in [0.25, 0.3) is 0 Å². The Hall–Kier alpha value is -4.45. The van der Waals surface area contributed by atoms with Gasteiger partial charge >= 0.3 is 17.9 Å². The molecule has 0 heterocycles. The lowest BCUT2D eigenvalue weighted by Gasteiger charge is -2.24. The standard InChI is InChI=1S/C22H13F10NO8/c23-10-12(25)16(29)20(17(30)13(10)26)40-8(36)2-5-22(33(38)39,4-1-7(34)35)6-3-9(37)41-21-18(31)14(27)11(24)15(28)19(21)32/h1-6H2,(H,34,35). The Labute approximate surface area is 220 Å².